The molecule has 12 heteroatoms. The first-order chi connectivity index (χ1) is 21.7. The Morgan fingerprint density at radius 3 is 2.47 bits per heavy atom. The fraction of sp³-hybridized carbons (Fsp3) is 0.303. The van der Waals surface area contributed by atoms with Crippen molar-refractivity contribution in [3.8, 4) is 0 Å². The number of fused-ring (bicyclic) bond motifs is 1. The number of aromatic nitrogens is 1. The SMILES string of the molecule is CCNC(=O)N1CCN(C(=O)C2(Sc3ccccc3)CC(=O)N(Cc3ccc(Cl)c(F)c3)C2c2c[nH]c3cc(Cl)ccc23)CC1. The van der Waals surface area contributed by atoms with Gasteiger partial charge in [0.25, 0.3) is 0 Å². The van der Waals surface area contributed by atoms with Crippen LogP contribution in [0.3, 0.4) is 0 Å². The van der Waals surface area contributed by atoms with E-state index in [1.54, 1.807) is 26.8 Å². The molecule has 2 unspecified atom stereocenters. The van der Waals surface area contributed by atoms with E-state index < -0.39 is 16.6 Å². The molecular weight excluding hydrogens is 636 g/mol. The van der Waals surface area contributed by atoms with Gasteiger partial charge in [-0.3, -0.25) is 9.59 Å². The summed E-state index contributed by atoms with van der Waals surface area (Å²) in [6.07, 6.45) is 1.77. The molecule has 4 amide bonds. The van der Waals surface area contributed by atoms with Crippen molar-refractivity contribution in [2.24, 2.45) is 0 Å². The molecular formula is C33H32Cl2FN5O3S. The van der Waals surface area contributed by atoms with Crippen molar-refractivity contribution < 1.29 is 18.8 Å². The quantitative estimate of drug-likeness (QED) is 0.236. The zero-order valence-corrected chi connectivity index (χ0v) is 26.9. The van der Waals surface area contributed by atoms with E-state index in [9.17, 15) is 18.8 Å². The summed E-state index contributed by atoms with van der Waals surface area (Å²) in [4.78, 5) is 50.9. The van der Waals surface area contributed by atoms with Gasteiger partial charge in [0.1, 0.15) is 10.6 Å². The Balaban J connectivity index is 1.46. The lowest BCUT2D eigenvalue weighted by Crippen LogP contribution is -2.58. The predicted octanol–water partition coefficient (Wildman–Crippen LogP) is 6.49. The molecule has 2 aliphatic rings. The van der Waals surface area contributed by atoms with E-state index in [4.69, 9.17) is 23.2 Å². The van der Waals surface area contributed by atoms with Gasteiger partial charge in [-0.15, -0.1) is 11.8 Å². The maximum absolute atomic E-state index is 15.0. The molecule has 6 rings (SSSR count). The number of halogens is 3. The summed E-state index contributed by atoms with van der Waals surface area (Å²) in [5.41, 5.74) is 2.09. The van der Waals surface area contributed by atoms with Crippen LogP contribution in [-0.2, 0) is 16.1 Å². The molecule has 2 aliphatic heterocycles. The van der Waals surface area contributed by atoms with E-state index >= 15 is 0 Å². The number of carbonyl (C=O) groups is 3. The minimum absolute atomic E-state index is 0.00697. The Morgan fingerprint density at radius 1 is 1.02 bits per heavy atom. The van der Waals surface area contributed by atoms with Gasteiger partial charge in [-0.2, -0.15) is 0 Å². The number of hydrogen-bond donors (Lipinski definition) is 2. The zero-order chi connectivity index (χ0) is 31.7. The van der Waals surface area contributed by atoms with Gasteiger partial charge in [0.2, 0.25) is 11.8 Å². The third-order valence-corrected chi connectivity index (χ3v) is 10.3. The Bertz CT molecular complexity index is 1750. The lowest BCUT2D eigenvalue weighted by atomic mass is 9.90. The number of aromatic amines is 1. The fourth-order valence-electron chi connectivity index (χ4n) is 6.27. The van der Waals surface area contributed by atoms with Crippen molar-refractivity contribution in [2.75, 3.05) is 32.7 Å². The third-order valence-electron chi connectivity index (χ3n) is 8.38. The maximum atomic E-state index is 15.0. The number of likely N-dealkylation sites (tertiary alicyclic amines) is 1. The van der Waals surface area contributed by atoms with Gasteiger partial charge in [0.15, 0.2) is 0 Å². The van der Waals surface area contributed by atoms with Crippen molar-refractivity contribution in [1.29, 1.82) is 0 Å². The second kappa shape index (κ2) is 12.9. The molecule has 2 atom stereocenters. The van der Waals surface area contributed by atoms with Crippen LogP contribution in [0.25, 0.3) is 10.9 Å². The lowest BCUT2D eigenvalue weighted by Gasteiger charge is -2.42. The first-order valence-corrected chi connectivity index (χ1v) is 16.3. The molecule has 2 saturated heterocycles. The summed E-state index contributed by atoms with van der Waals surface area (Å²) in [6, 6.07) is 18.7. The minimum Gasteiger partial charge on any atom is -0.361 e. The lowest BCUT2D eigenvalue weighted by molar-refractivity contribution is -0.136. The second-order valence-corrected chi connectivity index (χ2v) is 13.5. The van der Waals surface area contributed by atoms with Crippen molar-refractivity contribution in [3.63, 3.8) is 0 Å². The van der Waals surface area contributed by atoms with E-state index in [0.29, 0.717) is 43.3 Å². The number of nitrogens with one attached hydrogen (secondary N) is 2. The average Bonchev–Trinajstić information content (AvgIpc) is 3.56. The molecule has 3 heterocycles. The van der Waals surface area contributed by atoms with E-state index in [2.05, 4.69) is 10.3 Å². The van der Waals surface area contributed by atoms with Crippen LogP contribution in [0.1, 0.15) is 30.5 Å². The minimum atomic E-state index is -1.27. The number of H-pyrrole nitrogens is 1. The van der Waals surface area contributed by atoms with Gasteiger partial charge in [-0.05, 0) is 48.9 Å². The fourth-order valence-corrected chi connectivity index (χ4v) is 8.05. The molecule has 0 aliphatic carbocycles. The van der Waals surface area contributed by atoms with E-state index in [0.717, 1.165) is 21.4 Å². The Kier molecular flexibility index (Phi) is 8.99. The van der Waals surface area contributed by atoms with E-state index in [1.165, 1.54) is 23.9 Å². The highest BCUT2D eigenvalue weighted by Gasteiger charge is 2.60. The van der Waals surface area contributed by atoms with Crippen molar-refractivity contribution in [2.45, 2.75) is 35.6 Å². The van der Waals surface area contributed by atoms with Crippen LogP contribution >= 0.6 is 35.0 Å². The summed E-state index contributed by atoms with van der Waals surface area (Å²) in [6.45, 7) is 3.88. The number of nitrogens with zero attached hydrogens (tertiary/aromatic N) is 3. The normalized spacial score (nSPS) is 20.2. The van der Waals surface area contributed by atoms with Gasteiger partial charge in [-0.1, -0.05) is 53.5 Å². The first kappa shape index (κ1) is 31.3. The molecule has 1 aromatic heterocycles. The number of hydrogen-bond acceptors (Lipinski definition) is 4. The Morgan fingerprint density at radius 2 is 1.76 bits per heavy atom. The zero-order valence-electron chi connectivity index (χ0n) is 24.6. The number of urea groups is 1. The van der Waals surface area contributed by atoms with E-state index in [-0.39, 0.29) is 35.8 Å². The molecule has 2 fully saturated rings. The summed E-state index contributed by atoms with van der Waals surface area (Å²) in [5, 5.41) is 4.20. The predicted molar refractivity (Wildman–Crippen MR) is 175 cm³/mol. The molecule has 3 aromatic carbocycles. The molecule has 0 bridgehead atoms. The van der Waals surface area contributed by atoms with Gasteiger partial charge in [0, 0.05) is 71.8 Å². The van der Waals surface area contributed by atoms with E-state index in [1.807, 2.05) is 55.6 Å². The van der Waals surface area contributed by atoms with Crippen molar-refractivity contribution >= 4 is 63.7 Å². The average molecular weight is 669 g/mol. The molecule has 0 spiro atoms. The van der Waals surface area contributed by atoms with Gasteiger partial charge >= 0.3 is 6.03 Å². The number of benzene rings is 3. The van der Waals surface area contributed by atoms with Crippen LogP contribution in [0, 0.1) is 5.82 Å². The van der Waals surface area contributed by atoms with Crippen LogP contribution < -0.4 is 5.32 Å². The number of carbonyl (C=O) groups excluding carboxylic acids is 3. The van der Waals surface area contributed by atoms with Gasteiger partial charge in [-0.25, -0.2) is 9.18 Å². The molecule has 4 aromatic rings. The van der Waals surface area contributed by atoms with Crippen LogP contribution in [0.2, 0.25) is 10.0 Å². The summed E-state index contributed by atoms with van der Waals surface area (Å²) in [7, 11) is 0. The first-order valence-electron chi connectivity index (χ1n) is 14.8. The monoisotopic (exact) mass is 667 g/mol. The van der Waals surface area contributed by atoms with Crippen LogP contribution in [0.4, 0.5) is 9.18 Å². The molecule has 0 saturated carbocycles. The second-order valence-electron chi connectivity index (χ2n) is 11.2. The van der Waals surface area contributed by atoms with Gasteiger partial charge < -0.3 is 25.0 Å². The highest BCUT2D eigenvalue weighted by molar-refractivity contribution is 8.01. The highest BCUT2D eigenvalue weighted by atomic mass is 35.5. The molecule has 2 N–H and O–H groups in total. The highest BCUT2D eigenvalue weighted by Crippen LogP contribution is 2.55. The van der Waals surface area contributed by atoms with Gasteiger partial charge in [0.05, 0.1) is 17.5 Å². The Hall–Kier alpha value is -3.73. The van der Waals surface area contributed by atoms with Crippen LogP contribution in [0.5, 0.6) is 0 Å². The number of amides is 4. The molecule has 0 radical (unpaired) electrons. The van der Waals surface area contributed by atoms with Crippen LogP contribution in [0.15, 0.2) is 77.8 Å². The van der Waals surface area contributed by atoms with Crippen molar-refractivity contribution in [3.05, 3.63) is 99.9 Å². The Labute approximate surface area is 274 Å². The van der Waals surface area contributed by atoms with Crippen LogP contribution in [-0.4, -0.2) is 75.0 Å². The number of piperazine rings is 1. The third kappa shape index (κ3) is 6.11. The standard InChI is InChI=1S/C33H32Cl2FN5O3S/c1-2-37-32(44)40-14-12-39(13-15-40)31(43)33(45-23-6-4-3-5-7-23)18-29(42)41(20-21-8-11-26(35)27(36)16-21)30(33)25-19-38-28-17-22(34)9-10-24(25)28/h3-11,16-17,19,30,38H,2,12-15,18,20H2,1H3,(H,37,44). The molecule has 8 nitrogen and oxygen atoms in total. The van der Waals surface area contributed by atoms with Crippen molar-refractivity contribution in [1.82, 2.24) is 25.0 Å². The molecule has 45 heavy (non-hydrogen) atoms. The number of rotatable bonds is 7. The maximum Gasteiger partial charge on any atom is 0.317 e. The molecule has 234 valence electrons. The summed E-state index contributed by atoms with van der Waals surface area (Å²) < 4.78 is 13.3. The summed E-state index contributed by atoms with van der Waals surface area (Å²) >= 11 is 13.7. The largest absolute Gasteiger partial charge is 0.361 e. The summed E-state index contributed by atoms with van der Waals surface area (Å²) in [5.74, 6) is -0.986. The number of thioether (sulfide) groups is 1. The smallest absolute Gasteiger partial charge is 0.317 e. The topological polar surface area (TPSA) is 88.8 Å².